The number of carbonyl (C=O) groups excluding carboxylic acids is 2. The van der Waals surface area contributed by atoms with Gasteiger partial charge in [-0.3, -0.25) is 9.59 Å². The van der Waals surface area contributed by atoms with Crippen molar-refractivity contribution in [2.45, 2.75) is 44.8 Å². The highest BCUT2D eigenvalue weighted by atomic mass is 32.2. The number of hydrogen-bond donors (Lipinski definition) is 5. The van der Waals surface area contributed by atoms with Crippen LogP contribution >= 0.6 is 11.8 Å². The van der Waals surface area contributed by atoms with Crippen LogP contribution in [0.2, 0.25) is 0 Å². The number of aromatic nitrogens is 1. The number of carboxylic acids is 1. The van der Waals surface area contributed by atoms with E-state index in [-0.39, 0.29) is 5.92 Å². The van der Waals surface area contributed by atoms with Gasteiger partial charge in [0.25, 0.3) is 0 Å². The van der Waals surface area contributed by atoms with Crippen molar-refractivity contribution in [1.29, 1.82) is 0 Å². The number of aliphatic carboxylic acids is 1. The molecule has 0 aliphatic rings. The van der Waals surface area contributed by atoms with Gasteiger partial charge < -0.3 is 26.5 Å². The SMILES string of the molecule is CSCCC(NC(=O)C(N)Cc1c[nH]c2ccccc12)C(=O)NC(C(=O)O)C(C)C. The number of hydrogen-bond acceptors (Lipinski definition) is 5. The molecule has 1 aromatic carbocycles. The summed E-state index contributed by atoms with van der Waals surface area (Å²) in [5.74, 6) is -1.72. The summed E-state index contributed by atoms with van der Waals surface area (Å²) in [5.41, 5.74) is 8.00. The van der Waals surface area contributed by atoms with Crippen molar-refractivity contribution in [1.82, 2.24) is 15.6 Å². The molecule has 164 valence electrons. The molecule has 2 aromatic rings. The predicted molar refractivity (Wildman–Crippen MR) is 119 cm³/mol. The van der Waals surface area contributed by atoms with Crippen LogP contribution in [0.4, 0.5) is 0 Å². The molecule has 0 aliphatic heterocycles. The molecular weight excluding hydrogens is 404 g/mol. The summed E-state index contributed by atoms with van der Waals surface area (Å²) < 4.78 is 0. The number of fused-ring (bicyclic) bond motifs is 1. The lowest BCUT2D eigenvalue weighted by Crippen LogP contribution is -2.55. The summed E-state index contributed by atoms with van der Waals surface area (Å²) in [7, 11) is 0. The quantitative estimate of drug-likeness (QED) is 0.363. The number of thioether (sulfide) groups is 1. The zero-order chi connectivity index (χ0) is 22.3. The fraction of sp³-hybridized carbons (Fsp3) is 0.476. The van der Waals surface area contributed by atoms with E-state index in [9.17, 15) is 19.5 Å². The van der Waals surface area contributed by atoms with E-state index in [4.69, 9.17) is 5.73 Å². The third kappa shape index (κ3) is 6.24. The van der Waals surface area contributed by atoms with Crippen LogP contribution in [0.1, 0.15) is 25.8 Å². The zero-order valence-corrected chi connectivity index (χ0v) is 18.3. The average molecular weight is 435 g/mol. The minimum Gasteiger partial charge on any atom is -0.480 e. The molecule has 9 heteroatoms. The Labute approximate surface area is 180 Å². The van der Waals surface area contributed by atoms with Gasteiger partial charge in [0.1, 0.15) is 12.1 Å². The molecule has 0 saturated carbocycles. The molecule has 30 heavy (non-hydrogen) atoms. The molecular formula is C21H30N4O4S. The normalized spacial score (nSPS) is 14.3. The Hall–Kier alpha value is -2.52. The molecule has 3 atom stereocenters. The third-order valence-electron chi connectivity index (χ3n) is 4.93. The van der Waals surface area contributed by atoms with Crippen LogP contribution in [0.25, 0.3) is 10.9 Å². The number of carbonyl (C=O) groups is 3. The maximum atomic E-state index is 12.7. The highest BCUT2D eigenvalue weighted by Gasteiger charge is 2.29. The lowest BCUT2D eigenvalue weighted by Gasteiger charge is -2.24. The van der Waals surface area contributed by atoms with Crippen LogP contribution < -0.4 is 16.4 Å². The predicted octanol–water partition coefficient (Wildman–Crippen LogP) is 1.50. The second-order valence-corrected chi connectivity index (χ2v) is 8.57. The molecule has 0 spiro atoms. The highest BCUT2D eigenvalue weighted by Crippen LogP contribution is 2.18. The second kappa shape index (κ2) is 11.0. The number of nitrogens with two attached hydrogens (primary N) is 1. The first-order valence-corrected chi connectivity index (χ1v) is 11.3. The van der Waals surface area contributed by atoms with E-state index >= 15 is 0 Å². The summed E-state index contributed by atoms with van der Waals surface area (Å²) in [4.78, 5) is 39.9. The summed E-state index contributed by atoms with van der Waals surface area (Å²) in [6.45, 7) is 3.43. The summed E-state index contributed by atoms with van der Waals surface area (Å²) >= 11 is 1.54. The van der Waals surface area contributed by atoms with Crippen LogP contribution in [0, 0.1) is 5.92 Å². The van der Waals surface area contributed by atoms with E-state index in [2.05, 4.69) is 15.6 Å². The van der Waals surface area contributed by atoms with Gasteiger partial charge in [0.05, 0.1) is 6.04 Å². The maximum absolute atomic E-state index is 12.7. The highest BCUT2D eigenvalue weighted by molar-refractivity contribution is 7.98. The number of H-pyrrole nitrogens is 1. The Morgan fingerprint density at radius 3 is 2.50 bits per heavy atom. The Morgan fingerprint density at radius 2 is 1.87 bits per heavy atom. The van der Waals surface area contributed by atoms with Gasteiger partial charge in [0.15, 0.2) is 0 Å². The second-order valence-electron chi connectivity index (χ2n) is 7.58. The van der Waals surface area contributed by atoms with E-state index in [1.165, 1.54) is 11.8 Å². The van der Waals surface area contributed by atoms with Crippen molar-refractivity contribution in [3.63, 3.8) is 0 Å². The fourth-order valence-electron chi connectivity index (χ4n) is 3.18. The van der Waals surface area contributed by atoms with Gasteiger partial charge in [-0.1, -0.05) is 32.0 Å². The van der Waals surface area contributed by atoms with Crippen molar-refractivity contribution in [3.8, 4) is 0 Å². The standard InChI is InChI=1S/C21H30N4O4S/c1-12(2)18(21(28)29)25-20(27)17(8-9-30-3)24-19(26)15(22)10-13-11-23-16-7-5-4-6-14(13)16/h4-7,11-12,15,17-18,23H,8-10,22H2,1-3H3,(H,24,26)(H,25,27)(H,28,29). The van der Waals surface area contributed by atoms with E-state index in [0.717, 1.165) is 16.5 Å². The van der Waals surface area contributed by atoms with Gasteiger partial charge in [0.2, 0.25) is 11.8 Å². The van der Waals surface area contributed by atoms with E-state index < -0.39 is 35.9 Å². The number of aromatic amines is 1. The van der Waals surface area contributed by atoms with Crippen molar-refractivity contribution in [2.75, 3.05) is 12.0 Å². The first-order valence-electron chi connectivity index (χ1n) is 9.87. The average Bonchev–Trinajstić information content (AvgIpc) is 3.11. The first kappa shape index (κ1) is 23.8. The van der Waals surface area contributed by atoms with E-state index in [1.807, 2.05) is 36.7 Å². The van der Waals surface area contributed by atoms with Gasteiger partial charge >= 0.3 is 5.97 Å². The maximum Gasteiger partial charge on any atom is 0.326 e. The molecule has 0 radical (unpaired) electrons. The summed E-state index contributed by atoms with van der Waals surface area (Å²) in [6.07, 6.45) is 4.42. The molecule has 6 N–H and O–H groups in total. The lowest BCUT2D eigenvalue weighted by molar-refractivity contribution is -0.143. The van der Waals surface area contributed by atoms with Crippen molar-refractivity contribution < 1.29 is 19.5 Å². The molecule has 8 nitrogen and oxygen atoms in total. The van der Waals surface area contributed by atoms with Gasteiger partial charge in [-0.25, -0.2) is 4.79 Å². The molecule has 0 aliphatic carbocycles. The lowest BCUT2D eigenvalue weighted by atomic mass is 10.0. The molecule has 0 saturated heterocycles. The van der Waals surface area contributed by atoms with Crippen LogP contribution in [0.5, 0.6) is 0 Å². The monoisotopic (exact) mass is 434 g/mol. The van der Waals surface area contributed by atoms with Crippen LogP contribution in [-0.4, -0.2) is 58.0 Å². The molecule has 3 unspecified atom stereocenters. The molecule has 2 rings (SSSR count). The Bertz CT molecular complexity index is 883. The third-order valence-corrected chi connectivity index (χ3v) is 5.57. The largest absolute Gasteiger partial charge is 0.480 e. The molecule has 1 aromatic heterocycles. The first-order chi connectivity index (χ1) is 14.2. The number of carboxylic acid groups (broad SMARTS) is 1. The Kier molecular flexibility index (Phi) is 8.73. The number of amides is 2. The molecule has 1 heterocycles. The topological polar surface area (TPSA) is 137 Å². The molecule has 0 fully saturated rings. The van der Waals surface area contributed by atoms with Crippen molar-refractivity contribution in [2.24, 2.45) is 11.7 Å². The summed E-state index contributed by atoms with van der Waals surface area (Å²) in [6, 6.07) is 5.03. The van der Waals surface area contributed by atoms with Gasteiger partial charge in [-0.05, 0) is 42.4 Å². The fourth-order valence-corrected chi connectivity index (χ4v) is 3.65. The van der Waals surface area contributed by atoms with Crippen molar-refractivity contribution in [3.05, 3.63) is 36.0 Å². The zero-order valence-electron chi connectivity index (χ0n) is 17.5. The van der Waals surface area contributed by atoms with E-state index in [0.29, 0.717) is 18.6 Å². The number of rotatable bonds is 11. The number of benzene rings is 1. The summed E-state index contributed by atoms with van der Waals surface area (Å²) in [5, 5.41) is 15.6. The number of nitrogens with one attached hydrogen (secondary N) is 3. The van der Waals surface area contributed by atoms with Gasteiger partial charge in [0, 0.05) is 17.1 Å². The Morgan fingerprint density at radius 1 is 1.17 bits per heavy atom. The van der Waals surface area contributed by atoms with Crippen LogP contribution in [-0.2, 0) is 20.8 Å². The van der Waals surface area contributed by atoms with Gasteiger partial charge in [-0.2, -0.15) is 11.8 Å². The smallest absolute Gasteiger partial charge is 0.326 e. The minimum atomic E-state index is -1.11. The van der Waals surface area contributed by atoms with Crippen molar-refractivity contribution >= 4 is 40.4 Å². The minimum absolute atomic E-state index is 0.285. The number of para-hydroxylation sites is 1. The van der Waals surface area contributed by atoms with Gasteiger partial charge in [-0.15, -0.1) is 0 Å². The Balaban J connectivity index is 2.05. The molecule has 0 bridgehead atoms. The van der Waals surface area contributed by atoms with E-state index in [1.54, 1.807) is 13.8 Å². The molecule has 2 amide bonds. The van der Waals surface area contributed by atoms with Crippen LogP contribution in [0.15, 0.2) is 30.5 Å². The van der Waals surface area contributed by atoms with Crippen LogP contribution in [0.3, 0.4) is 0 Å².